The van der Waals surface area contributed by atoms with Gasteiger partial charge in [0.15, 0.2) is 5.65 Å². The van der Waals surface area contributed by atoms with Gasteiger partial charge in [-0.2, -0.15) is 9.97 Å². The fraction of sp³-hybridized carbons (Fsp3) is 0.294. The van der Waals surface area contributed by atoms with Gasteiger partial charge in [0.1, 0.15) is 5.82 Å². The monoisotopic (exact) mass is 324 g/mol. The van der Waals surface area contributed by atoms with Gasteiger partial charge in [-0.1, -0.05) is 0 Å². The SMILES string of the molecule is Cc1cc(C)c2c(N)nc(NCc3c(C)cc(C)[nH]c3=O)nc2n1. The lowest BCUT2D eigenvalue weighted by Gasteiger charge is -2.10. The van der Waals surface area contributed by atoms with E-state index in [0.717, 1.165) is 27.9 Å². The zero-order chi connectivity index (χ0) is 17.4. The van der Waals surface area contributed by atoms with E-state index in [0.29, 0.717) is 29.5 Å². The molecular formula is C17H20N6O. The van der Waals surface area contributed by atoms with Gasteiger partial charge >= 0.3 is 0 Å². The minimum absolute atomic E-state index is 0.112. The van der Waals surface area contributed by atoms with Crippen LogP contribution in [-0.4, -0.2) is 19.9 Å². The Balaban J connectivity index is 1.96. The van der Waals surface area contributed by atoms with Crippen molar-refractivity contribution in [3.05, 3.63) is 50.6 Å². The van der Waals surface area contributed by atoms with Crippen LogP contribution in [0.3, 0.4) is 0 Å². The van der Waals surface area contributed by atoms with Crippen molar-refractivity contribution in [2.24, 2.45) is 0 Å². The Morgan fingerprint density at radius 3 is 2.54 bits per heavy atom. The minimum atomic E-state index is -0.112. The fourth-order valence-corrected chi connectivity index (χ4v) is 2.86. The number of fused-ring (bicyclic) bond motifs is 1. The van der Waals surface area contributed by atoms with Crippen molar-refractivity contribution >= 4 is 22.8 Å². The zero-order valence-electron chi connectivity index (χ0n) is 14.2. The van der Waals surface area contributed by atoms with Crippen molar-refractivity contribution in [3.63, 3.8) is 0 Å². The second kappa shape index (κ2) is 5.92. The van der Waals surface area contributed by atoms with E-state index in [1.807, 2.05) is 39.8 Å². The largest absolute Gasteiger partial charge is 0.383 e. The highest BCUT2D eigenvalue weighted by molar-refractivity contribution is 5.89. The number of nitrogens with two attached hydrogens (primary N) is 1. The van der Waals surface area contributed by atoms with Crippen molar-refractivity contribution in [2.75, 3.05) is 11.1 Å². The summed E-state index contributed by atoms with van der Waals surface area (Å²) < 4.78 is 0. The van der Waals surface area contributed by atoms with Gasteiger partial charge in [-0.3, -0.25) is 4.79 Å². The van der Waals surface area contributed by atoms with E-state index in [1.165, 1.54) is 0 Å². The molecule has 0 saturated carbocycles. The Kier molecular flexibility index (Phi) is 3.92. The third-order valence-electron chi connectivity index (χ3n) is 3.94. The molecule has 0 radical (unpaired) electrons. The number of H-pyrrole nitrogens is 1. The molecule has 0 aromatic carbocycles. The van der Waals surface area contributed by atoms with Crippen LogP contribution in [0, 0.1) is 27.7 Å². The number of aryl methyl sites for hydroxylation is 4. The molecule has 24 heavy (non-hydrogen) atoms. The van der Waals surface area contributed by atoms with E-state index in [1.54, 1.807) is 0 Å². The third kappa shape index (κ3) is 2.92. The van der Waals surface area contributed by atoms with Gasteiger partial charge in [0.05, 0.1) is 5.39 Å². The van der Waals surface area contributed by atoms with Crippen LogP contribution in [0.5, 0.6) is 0 Å². The van der Waals surface area contributed by atoms with Gasteiger partial charge in [0.2, 0.25) is 5.95 Å². The predicted molar refractivity (Wildman–Crippen MR) is 95.1 cm³/mol. The van der Waals surface area contributed by atoms with Gasteiger partial charge in [0.25, 0.3) is 5.56 Å². The highest BCUT2D eigenvalue weighted by Gasteiger charge is 2.11. The van der Waals surface area contributed by atoms with E-state index >= 15 is 0 Å². The Hall–Kier alpha value is -2.96. The van der Waals surface area contributed by atoms with Gasteiger partial charge < -0.3 is 16.0 Å². The fourth-order valence-electron chi connectivity index (χ4n) is 2.86. The summed E-state index contributed by atoms with van der Waals surface area (Å²) in [7, 11) is 0. The summed E-state index contributed by atoms with van der Waals surface area (Å²) in [5.41, 5.74) is 10.8. The van der Waals surface area contributed by atoms with Crippen LogP contribution >= 0.6 is 0 Å². The van der Waals surface area contributed by atoms with Gasteiger partial charge in [-0.05, 0) is 51.0 Å². The maximum Gasteiger partial charge on any atom is 0.253 e. The van der Waals surface area contributed by atoms with Crippen LogP contribution in [0.25, 0.3) is 11.0 Å². The smallest absolute Gasteiger partial charge is 0.253 e. The van der Waals surface area contributed by atoms with Crippen LogP contribution in [0.15, 0.2) is 16.9 Å². The molecule has 3 aromatic rings. The Bertz CT molecular complexity index is 993. The van der Waals surface area contributed by atoms with Crippen molar-refractivity contribution in [2.45, 2.75) is 34.2 Å². The van der Waals surface area contributed by atoms with E-state index in [4.69, 9.17) is 5.73 Å². The van der Waals surface area contributed by atoms with E-state index in [9.17, 15) is 4.79 Å². The van der Waals surface area contributed by atoms with Crippen molar-refractivity contribution in [1.82, 2.24) is 19.9 Å². The molecule has 0 aliphatic carbocycles. The molecule has 0 aliphatic rings. The molecule has 0 amide bonds. The topological polar surface area (TPSA) is 110 Å². The molecule has 7 nitrogen and oxygen atoms in total. The minimum Gasteiger partial charge on any atom is -0.383 e. The maximum atomic E-state index is 12.1. The highest BCUT2D eigenvalue weighted by Crippen LogP contribution is 2.22. The standard InChI is InChI=1S/C17H20N6O/c1-8-5-11(4)21-16(24)12(8)7-19-17-22-14(18)13-9(2)6-10(3)20-15(13)23-17/h5-6H,7H2,1-4H3,(H,21,24)(H3,18,19,20,22,23). The van der Waals surface area contributed by atoms with Gasteiger partial charge in [-0.25, -0.2) is 4.98 Å². The Labute approximate surface area is 139 Å². The Morgan fingerprint density at radius 2 is 1.83 bits per heavy atom. The molecule has 7 heteroatoms. The number of hydrogen-bond donors (Lipinski definition) is 3. The number of anilines is 2. The first-order chi connectivity index (χ1) is 11.3. The van der Waals surface area contributed by atoms with E-state index in [2.05, 4.69) is 25.3 Å². The molecule has 0 bridgehead atoms. The normalized spacial score (nSPS) is 11.0. The van der Waals surface area contributed by atoms with Crippen LogP contribution in [0.1, 0.15) is 28.1 Å². The molecule has 3 rings (SSSR count). The molecular weight excluding hydrogens is 304 g/mol. The third-order valence-corrected chi connectivity index (χ3v) is 3.94. The first kappa shape index (κ1) is 15.9. The molecule has 124 valence electrons. The van der Waals surface area contributed by atoms with Gasteiger partial charge in [0, 0.05) is 23.5 Å². The molecule has 0 unspecified atom stereocenters. The van der Waals surface area contributed by atoms with E-state index < -0.39 is 0 Å². The number of aromatic amines is 1. The first-order valence-electron chi connectivity index (χ1n) is 7.70. The lowest BCUT2D eigenvalue weighted by Crippen LogP contribution is -2.19. The van der Waals surface area contributed by atoms with E-state index in [-0.39, 0.29) is 5.56 Å². The molecule has 0 spiro atoms. The summed E-state index contributed by atoms with van der Waals surface area (Å²) in [6.45, 7) is 7.95. The van der Waals surface area contributed by atoms with Crippen molar-refractivity contribution < 1.29 is 0 Å². The number of nitrogens with one attached hydrogen (secondary N) is 2. The second-order valence-corrected chi connectivity index (χ2v) is 6.01. The summed E-state index contributed by atoms with van der Waals surface area (Å²) >= 11 is 0. The number of rotatable bonds is 3. The van der Waals surface area contributed by atoms with Crippen LogP contribution in [-0.2, 0) is 6.54 Å². The highest BCUT2D eigenvalue weighted by atomic mass is 16.1. The summed E-state index contributed by atoms with van der Waals surface area (Å²) in [5.74, 6) is 0.735. The molecule has 0 atom stereocenters. The predicted octanol–water partition coefficient (Wildman–Crippen LogP) is 2.14. The number of aromatic nitrogens is 4. The number of hydrogen-bond acceptors (Lipinski definition) is 6. The first-order valence-corrected chi connectivity index (χ1v) is 7.70. The van der Waals surface area contributed by atoms with Crippen LogP contribution in [0.2, 0.25) is 0 Å². The number of pyridine rings is 2. The summed E-state index contributed by atoms with van der Waals surface area (Å²) in [6.07, 6.45) is 0. The Morgan fingerprint density at radius 1 is 1.08 bits per heavy atom. The summed E-state index contributed by atoms with van der Waals surface area (Å²) in [6, 6.07) is 3.88. The van der Waals surface area contributed by atoms with Crippen LogP contribution < -0.4 is 16.6 Å². The molecule has 4 N–H and O–H groups in total. The zero-order valence-corrected chi connectivity index (χ0v) is 14.2. The average Bonchev–Trinajstić information content (AvgIpc) is 2.44. The quantitative estimate of drug-likeness (QED) is 0.681. The molecule has 0 saturated heterocycles. The molecule has 0 fully saturated rings. The summed E-state index contributed by atoms with van der Waals surface area (Å²) in [4.78, 5) is 28.0. The molecule has 3 heterocycles. The lowest BCUT2D eigenvalue weighted by atomic mass is 10.1. The molecule has 0 aliphatic heterocycles. The molecule has 3 aromatic heterocycles. The van der Waals surface area contributed by atoms with Crippen LogP contribution in [0.4, 0.5) is 11.8 Å². The number of nitrogen functional groups attached to an aromatic ring is 1. The number of nitrogens with zero attached hydrogens (tertiary/aromatic N) is 3. The lowest BCUT2D eigenvalue weighted by molar-refractivity contribution is 0.990. The second-order valence-electron chi connectivity index (χ2n) is 6.01. The maximum absolute atomic E-state index is 12.1. The van der Waals surface area contributed by atoms with Crippen molar-refractivity contribution in [1.29, 1.82) is 0 Å². The average molecular weight is 324 g/mol. The van der Waals surface area contributed by atoms with Crippen molar-refractivity contribution in [3.8, 4) is 0 Å². The van der Waals surface area contributed by atoms with Gasteiger partial charge in [-0.15, -0.1) is 0 Å². The summed E-state index contributed by atoms with van der Waals surface area (Å²) in [5, 5.41) is 3.83.